The Kier molecular flexibility index (Phi) is 4.39. The average Bonchev–Trinajstić information content (AvgIpc) is 2.93. The molecule has 0 atom stereocenters. The van der Waals surface area contributed by atoms with Gasteiger partial charge in [-0.3, -0.25) is 0 Å². The summed E-state index contributed by atoms with van der Waals surface area (Å²) in [4.78, 5) is 28.4. The Bertz CT molecular complexity index is 657. The van der Waals surface area contributed by atoms with Crippen molar-refractivity contribution in [2.45, 2.75) is 6.54 Å². The first kappa shape index (κ1) is 14.8. The molecule has 0 fully saturated rings. The summed E-state index contributed by atoms with van der Waals surface area (Å²) in [7, 11) is 1.60. The van der Waals surface area contributed by atoms with Crippen molar-refractivity contribution in [2.24, 2.45) is 0 Å². The van der Waals surface area contributed by atoms with Crippen molar-refractivity contribution in [3.63, 3.8) is 0 Å². The number of anilines is 1. The van der Waals surface area contributed by atoms with Crippen molar-refractivity contribution in [3.05, 3.63) is 40.3 Å². The van der Waals surface area contributed by atoms with E-state index in [1.165, 1.54) is 34.4 Å². The molecular weight excluding hydrogens is 294 g/mol. The molecular formula is C13H13N3O4S. The van der Waals surface area contributed by atoms with Gasteiger partial charge in [-0.15, -0.1) is 11.3 Å². The number of aromatic carboxylic acids is 1. The van der Waals surface area contributed by atoms with Crippen LogP contribution in [-0.2, 0) is 6.54 Å². The Morgan fingerprint density at radius 2 is 2.19 bits per heavy atom. The van der Waals surface area contributed by atoms with Crippen LogP contribution in [0, 0.1) is 0 Å². The van der Waals surface area contributed by atoms with Crippen LogP contribution in [0.2, 0.25) is 0 Å². The highest BCUT2D eigenvalue weighted by molar-refractivity contribution is 7.07. The number of nitrogens with one attached hydrogen (secondary N) is 1. The molecule has 1 aromatic heterocycles. The van der Waals surface area contributed by atoms with Crippen molar-refractivity contribution in [2.75, 3.05) is 12.4 Å². The molecule has 2 rings (SSSR count). The van der Waals surface area contributed by atoms with E-state index in [-0.39, 0.29) is 11.3 Å². The summed E-state index contributed by atoms with van der Waals surface area (Å²) in [6.45, 7) is 0.346. The highest BCUT2D eigenvalue weighted by atomic mass is 32.1. The van der Waals surface area contributed by atoms with Gasteiger partial charge in [0.05, 0.1) is 17.7 Å². The van der Waals surface area contributed by atoms with E-state index in [9.17, 15) is 14.7 Å². The number of rotatable bonds is 4. The fraction of sp³-hybridized carbons (Fsp3) is 0.154. The van der Waals surface area contributed by atoms with Crippen LogP contribution in [0.15, 0.2) is 29.1 Å². The first-order valence-corrected chi connectivity index (χ1v) is 6.87. The number of hydrogen-bond donors (Lipinski definition) is 3. The van der Waals surface area contributed by atoms with Gasteiger partial charge >= 0.3 is 12.0 Å². The SMILES string of the molecule is CN(Cc1cscn1)C(=O)Nc1ccc(O)c(C(=O)O)c1. The van der Waals surface area contributed by atoms with Crippen LogP contribution in [0.25, 0.3) is 0 Å². The minimum Gasteiger partial charge on any atom is -0.507 e. The minimum absolute atomic E-state index is 0.269. The van der Waals surface area contributed by atoms with Gasteiger partial charge in [0.1, 0.15) is 11.3 Å². The zero-order valence-electron chi connectivity index (χ0n) is 11.1. The number of aromatic hydroxyl groups is 1. The number of benzene rings is 1. The standard InChI is InChI=1S/C13H13N3O4S/c1-16(5-9-6-21-7-14-9)13(20)15-8-2-3-11(17)10(4-8)12(18)19/h2-4,6-7,17H,5H2,1H3,(H,15,20)(H,18,19). The lowest BCUT2D eigenvalue weighted by molar-refractivity contribution is 0.0693. The summed E-state index contributed by atoms with van der Waals surface area (Å²) < 4.78 is 0. The summed E-state index contributed by atoms with van der Waals surface area (Å²) in [5.74, 6) is -1.62. The predicted octanol–water partition coefficient (Wildman–Crippen LogP) is 2.21. The molecule has 0 aliphatic carbocycles. The molecule has 2 aromatic rings. The van der Waals surface area contributed by atoms with Crippen LogP contribution in [0.1, 0.15) is 16.1 Å². The van der Waals surface area contributed by atoms with E-state index < -0.39 is 12.0 Å². The molecule has 0 aliphatic heterocycles. The van der Waals surface area contributed by atoms with Crippen molar-refractivity contribution >= 4 is 29.0 Å². The van der Waals surface area contributed by atoms with Crippen molar-refractivity contribution in [3.8, 4) is 5.75 Å². The average molecular weight is 307 g/mol. The lowest BCUT2D eigenvalue weighted by Crippen LogP contribution is -2.31. The third-order valence-electron chi connectivity index (χ3n) is 2.71. The van der Waals surface area contributed by atoms with Gasteiger partial charge in [0.15, 0.2) is 0 Å². The largest absolute Gasteiger partial charge is 0.507 e. The predicted molar refractivity (Wildman–Crippen MR) is 77.7 cm³/mol. The quantitative estimate of drug-likeness (QED) is 0.751. The van der Waals surface area contributed by atoms with Crippen LogP contribution in [0.5, 0.6) is 5.75 Å². The Hall–Kier alpha value is -2.61. The molecule has 0 spiro atoms. The highest BCUT2D eigenvalue weighted by Crippen LogP contribution is 2.21. The summed E-state index contributed by atoms with van der Waals surface area (Å²) >= 11 is 1.44. The second-order valence-corrected chi connectivity index (χ2v) is 5.02. The lowest BCUT2D eigenvalue weighted by Gasteiger charge is -2.17. The van der Waals surface area contributed by atoms with Gasteiger partial charge in [-0.1, -0.05) is 0 Å². The van der Waals surface area contributed by atoms with Gasteiger partial charge in [-0.05, 0) is 18.2 Å². The van der Waals surface area contributed by atoms with E-state index in [4.69, 9.17) is 5.11 Å². The van der Waals surface area contributed by atoms with Crippen molar-refractivity contribution < 1.29 is 19.8 Å². The molecule has 0 saturated carbocycles. The first-order valence-electron chi connectivity index (χ1n) is 5.93. The molecule has 3 N–H and O–H groups in total. The zero-order valence-corrected chi connectivity index (χ0v) is 11.9. The summed E-state index contributed by atoms with van der Waals surface area (Å²) in [5, 5.41) is 22.7. The van der Waals surface area contributed by atoms with E-state index in [0.717, 1.165) is 5.69 Å². The van der Waals surface area contributed by atoms with Gasteiger partial charge in [-0.2, -0.15) is 0 Å². The topological polar surface area (TPSA) is 103 Å². The van der Waals surface area contributed by atoms with Gasteiger partial charge in [0.25, 0.3) is 0 Å². The van der Waals surface area contributed by atoms with Gasteiger partial charge in [0, 0.05) is 18.1 Å². The fourth-order valence-corrected chi connectivity index (χ4v) is 2.18. The van der Waals surface area contributed by atoms with Gasteiger partial charge in [-0.25, -0.2) is 14.6 Å². The third kappa shape index (κ3) is 3.69. The van der Waals surface area contributed by atoms with Crippen LogP contribution >= 0.6 is 11.3 Å². The zero-order chi connectivity index (χ0) is 15.4. The molecule has 0 radical (unpaired) electrons. The van der Waals surface area contributed by atoms with E-state index in [2.05, 4.69) is 10.3 Å². The number of nitrogens with zero attached hydrogens (tertiary/aromatic N) is 2. The molecule has 110 valence electrons. The summed E-state index contributed by atoms with van der Waals surface area (Å²) in [6.07, 6.45) is 0. The number of urea groups is 1. The second-order valence-electron chi connectivity index (χ2n) is 4.30. The molecule has 0 unspecified atom stereocenters. The van der Waals surface area contributed by atoms with Crippen molar-refractivity contribution in [1.82, 2.24) is 9.88 Å². The molecule has 2 amide bonds. The van der Waals surface area contributed by atoms with E-state index in [1.807, 2.05) is 5.38 Å². The summed E-state index contributed by atoms with van der Waals surface area (Å²) in [6, 6.07) is 3.45. The maximum Gasteiger partial charge on any atom is 0.339 e. The molecule has 1 aromatic carbocycles. The number of carboxylic acid groups (broad SMARTS) is 1. The monoisotopic (exact) mass is 307 g/mol. The van der Waals surface area contributed by atoms with E-state index in [1.54, 1.807) is 12.6 Å². The van der Waals surface area contributed by atoms with Gasteiger partial charge < -0.3 is 20.4 Å². The van der Waals surface area contributed by atoms with Gasteiger partial charge in [0.2, 0.25) is 0 Å². The normalized spacial score (nSPS) is 10.1. The van der Waals surface area contributed by atoms with Crippen molar-refractivity contribution in [1.29, 1.82) is 0 Å². The number of amides is 2. The number of aromatic nitrogens is 1. The fourth-order valence-electron chi connectivity index (χ4n) is 1.63. The van der Waals surface area contributed by atoms with E-state index in [0.29, 0.717) is 12.2 Å². The number of carbonyl (C=O) groups excluding carboxylic acids is 1. The molecule has 7 nitrogen and oxygen atoms in total. The molecule has 21 heavy (non-hydrogen) atoms. The molecule has 8 heteroatoms. The number of phenols is 1. The highest BCUT2D eigenvalue weighted by Gasteiger charge is 2.14. The summed E-state index contributed by atoms with van der Waals surface area (Å²) in [5.41, 5.74) is 2.48. The third-order valence-corrected chi connectivity index (χ3v) is 3.34. The lowest BCUT2D eigenvalue weighted by atomic mass is 10.2. The Morgan fingerprint density at radius 1 is 1.43 bits per heavy atom. The molecule has 0 bridgehead atoms. The minimum atomic E-state index is -1.26. The number of carboxylic acids is 1. The molecule has 0 aliphatic rings. The number of thiazole rings is 1. The van der Waals surface area contributed by atoms with E-state index >= 15 is 0 Å². The molecule has 0 saturated heterocycles. The first-order chi connectivity index (χ1) is 9.97. The maximum absolute atomic E-state index is 12.0. The second kappa shape index (κ2) is 6.23. The Labute approximate surface area is 124 Å². The smallest absolute Gasteiger partial charge is 0.339 e. The van der Waals surface area contributed by atoms with Crippen LogP contribution in [0.4, 0.5) is 10.5 Å². The Balaban J connectivity index is 2.05. The van der Waals surface area contributed by atoms with Crippen LogP contribution in [0.3, 0.4) is 0 Å². The number of carbonyl (C=O) groups is 2. The van der Waals surface area contributed by atoms with Crippen LogP contribution in [-0.4, -0.2) is 39.1 Å². The number of hydrogen-bond acceptors (Lipinski definition) is 5. The van der Waals surface area contributed by atoms with Crippen LogP contribution < -0.4 is 5.32 Å². The molecule has 1 heterocycles. The maximum atomic E-state index is 12.0. The Morgan fingerprint density at radius 3 is 2.81 bits per heavy atom.